The standard InChI is InChI=1S/C54H37N7O.Pt/c1-35-29-41(30-36(2)37(35)3)60-34-59(47-25-12-13-26-48(47)60)40-21-16-22-42(31-40)62-50-33-49-44(43-23-10-11-24-46(43)61(49)51-27-14-15-28-55-51)32-45(50)54-57-52(38-17-6-4-7-18-38)56-53(58-54)39-19-8-5-9-20-39;/h4-30,32H,1-3H3;/q;+2. The largest absolute Gasteiger partial charge is 2.00 e. The third kappa shape index (κ3) is 7.15. The van der Waals surface area contributed by atoms with Gasteiger partial charge in [0, 0.05) is 58.6 Å². The summed E-state index contributed by atoms with van der Waals surface area (Å²) >= 11 is 0. The third-order valence-corrected chi connectivity index (χ3v) is 11.4. The number of benzene rings is 7. The maximum absolute atomic E-state index is 6.98. The van der Waals surface area contributed by atoms with Gasteiger partial charge in [0.15, 0.2) is 11.6 Å². The van der Waals surface area contributed by atoms with Crippen LogP contribution in [0.2, 0.25) is 0 Å². The first-order valence-corrected chi connectivity index (χ1v) is 20.5. The number of aromatic nitrogens is 5. The zero-order chi connectivity index (χ0) is 41.7. The van der Waals surface area contributed by atoms with E-state index in [9.17, 15) is 0 Å². The second kappa shape index (κ2) is 16.3. The summed E-state index contributed by atoms with van der Waals surface area (Å²) in [7, 11) is 0. The molecule has 0 aliphatic carbocycles. The summed E-state index contributed by atoms with van der Waals surface area (Å²) in [6.07, 6.45) is 1.80. The van der Waals surface area contributed by atoms with Gasteiger partial charge in [-0.05, 0) is 71.2 Å². The molecule has 0 atom stereocenters. The predicted octanol–water partition coefficient (Wildman–Crippen LogP) is 12.5. The molecule has 11 rings (SSSR count). The van der Waals surface area contributed by atoms with E-state index in [0.717, 1.165) is 61.5 Å². The van der Waals surface area contributed by atoms with E-state index in [1.807, 2.05) is 120 Å². The van der Waals surface area contributed by atoms with Crippen LogP contribution in [0.25, 0.3) is 61.8 Å². The van der Waals surface area contributed by atoms with Crippen molar-refractivity contribution in [1.29, 1.82) is 0 Å². The van der Waals surface area contributed by atoms with Crippen molar-refractivity contribution in [3.63, 3.8) is 0 Å². The van der Waals surface area contributed by atoms with E-state index in [1.165, 1.54) is 16.7 Å². The van der Waals surface area contributed by atoms with Gasteiger partial charge >= 0.3 is 27.1 Å². The zero-order valence-corrected chi connectivity index (χ0v) is 36.8. The Balaban J connectivity index is 0.00000471. The minimum atomic E-state index is 0. The monoisotopic (exact) mass is 994 g/mol. The number of nitrogens with zero attached hydrogens (tertiary/aromatic N) is 7. The SMILES string of the molecule is Cc1cc([N+]2=C=[N+](c3[c-]c(Oc4[c-]c5c(cc4-c4nc(-c6ccccc6)nc(-c6ccccc6)n4)c4ccccc4n5-c4ccccn4)ccc3)c3ccccc32)cc(C)c1C.[Pt+2]. The van der Waals surface area contributed by atoms with Crippen LogP contribution in [0, 0.1) is 32.9 Å². The van der Waals surface area contributed by atoms with Gasteiger partial charge in [0.1, 0.15) is 17.3 Å². The first-order chi connectivity index (χ1) is 30.5. The number of pyridine rings is 1. The molecule has 9 heteroatoms. The van der Waals surface area contributed by atoms with Gasteiger partial charge in [-0.2, -0.15) is 6.07 Å². The number of para-hydroxylation sites is 3. The molecule has 10 aromatic rings. The summed E-state index contributed by atoms with van der Waals surface area (Å²) < 4.78 is 13.2. The Morgan fingerprint density at radius 2 is 1.19 bits per heavy atom. The molecular formula is C54H37N7OPt+2. The molecular weight excluding hydrogens is 958 g/mol. The van der Waals surface area contributed by atoms with Crippen molar-refractivity contribution >= 4 is 50.6 Å². The molecule has 63 heavy (non-hydrogen) atoms. The van der Waals surface area contributed by atoms with Crippen molar-refractivity contribution in [3.8, 4) is 51.5 Å². The molecule has 0 N–H and O–H groups in total. The van der Waals surface area contributed by atoms with Crippen LogP contribution in [-0.2, 0) is 21.1 Å². The number of rotatable bonds is 8. The molecule has 1 aliphatic rings. The fourth-order valence-corrected chi connectivity index (χ4v) is 8.13. The number of ether oxygens (including phenoxy) is 1. The van der Waals surface area contributed by atoms with Crippen molar-refractivity contribution in [2.75, 3.05) is 0 Å². The summed E-state index contributed by atoms with van der Waals surface area (Å²) in [6, 6.07) is 65.8. The predicted molar refractivity (Wildman–Crippen MR) is 247 cm³/mol. The molecule has 8 nitrogen and oxygen atoms in total. The van der Waals surface area contributed by atoms with Gasteiger partial charge in [-0.15, -0.1) is 23.6 Å². The Labute approximate surface area is 379 Å². The first-order valence-electron chi connectivity index (χ1n) is 20.5. The molecule has 1 aliphatic heterocycles. The second-order valence-electron chi connectivity index (χ2n) is 15.3. The van der Waals surface area contributed by atoms with Crippen LogP contribution < -0.4 is 13.9 Å². The molecule has 7 aromatic carbocycles. The summed E-state index contributed by atoms with van der Waals surface area (Å²) in [5, 5.41) is 1.99. The number of hydrogen-bond acceptors (Lipinski definition) is 5. The fraction of sp³-hybridized carbons (Fsp3) is 0.0556. The fourth-order valence-electron chi connectivity index (χ4n) is 8.13. The van der Waals surface area contributed by atoms with Crippen LogP contribution in [0.1, 0.15) is 16.7 Å². The Hall–Kier alpha value is -7.63. The molecule has 3 aromatic heterocycles. The summed E-state index contributed by atoms with van der Waals surface area (Å²) in [5.74, 6) is 3.23. The Morgan fingerprint density at radius 1 is 0.571 bits per heavy atom. The van der Waals surface area contributed by atoms with Crippen LogP contribution in [0.5, 0.6) is 11.5 Å². The van der Waals surface area contributed by atoms with E-state index in [0.29, 0.717) is 34.5 Å². The van der Waals surface area contributed by atoms with Gasteiger partial charge in [0.25, 0.3) is 11.4 Å². The second-order valence-corrected chi connectivity index (χ2v) is 15.3. The quantitative estimate of drug-likeness (QED) is 0.112. The van der Waals surface area contributed by atoms with E-state index in [1.54, 1.807) is 6.20 Å². The van der Waals surface area contributed by atoms with E-state index in [-0.39, 0.29) is 21.1 Å². The van der Waals surface area contributed by atoms with Gasteiger partial charge in [-0.25, -0.2) is 19.9 Å². The van der Waals surface area contributed by atoms with Gasteiger partial charge < -0.3 is 9.30 Å². The van der Waals surface area contributed by atoms with E-state index in [2.05, 4.69) is 96.6 Å². The van der Waals surface area contributed by atoms with Crippen LogP contribution >= 0.6 is 0 Å². The molecule has 0 unspecified atom stereocenters. The molecule has 0 saturated heterocycles. The number of hydrogen-bond donors (Lipinski definition) is 0. The maximum Gasteiger partial charge on any atom is 2.00 e. The topological polar surface area (TPSA) is 71.7 Å². The van der Waals surface area contributed by atoms with E-state index >= 15 is 0 Å². The number of fused-ring (bicyclic) bond motifs is 4. The van der Waals surface area contributed by atoms with Crippen molar-refractivity contribution in [1.82, 2.24) is 33.7 Å². The summed E-state index contributed by atoms with van der Waals surface area (Å²) in [6.45, 7) is 6.47. The molecule has 0 bridgehead atoms. The minimum absolute atomic E-state index is 0. The van der Waals surface area contributed by atoms with Gasteiger partial charge in [-0.1, -0.05) is 119 Å². The molecule has 0 saturated carbocycles. The smallest absolute Gasteiger partial charge is 0.508 e. The van der Waals surface area contributed by atoms with Crippen molar-refractivity contribution in [3.05, 3.63) is 199 Å². The number of aryl methyl sites for hydroxylation is 2. The third-order valence-electron chi connectivity index (χ3n) is 11.4. The Kier molecular flexibility index (Phi) is 10.2. The van der Waals surface area contributed by atoms with Crippen LogP contribution in [0.4, 0.5) is 22.7 Å². The Morgan fingerprint density at radius 3 is 1.87 bits per heavy atom. The molecule has 0 spiro atoms. The van der Waals surface area contributed by atoms with Gasteiger partial charge in [-0.3, -0.25) is 0 Å². The van der Waals surface area contributed by atoms with Crippen LogP contribution in [0.15, 0.2) is 170 Å². The first kappa shape index (κ1) is 39.5. The zero-order valence-electron chi connectivity index (χ0n) is 34.5. The summed E-state index contributed by atoms with van der Waals surface area (Å²) in [4.78, 5) is 20.0. The van der Waals surface area contributed by atoms with E-state index < -0.39 is 0 Å². The van der Waals surface area contributed by atoms with Crippen molar-refractivity contribution in [2.24, 2.45) is 0 Å². The molecule has 4 heterocycles. The van der Waals surface area contributed by atoms with Crippen LogP contribution in [-0.4, -0.2) is 30.5 Å². The summed E-state index contributed by atoms with van der Waals surface area (Å²) in [5.41, 5.74) is 11.8. The Bertz CT molecular complexity index is 3370. The normalized spacial score (nSPS) is 11.9. The maximum atomic E-state index is 6.98. The van der Waals surface area contributed by atoms with Gasteiger partial charge in [0.2, 0.25) is 5.69 Å². The van der Waals surface area contributed by atoms with E-state index in [4.69, 9.17) is 24.7 Å². The molecule has 0 radical (unpaired) electrons. The van der Waals surface area contributed by atoms with Crippen molar-refractivity contribution in [2.45, 2.75) is 20.8 Å². The van der Waals surface area contributed by atoms with Crippen molar-refractivity contribution < 1.29 is 25.8 Å². The molecule has 302 valence electrons. The van der Waals surface area contributed by atoms with Crippen LogP contribution in [0.3, 0.4) is 0 Å². The molecule has 0 amide bonds. The minimum Gasteiger partial charge on any atom is -0.508 e. The molecule has 0 fully saturated rings. The van der Waals surface area contributed by atoms with Gasteiger partial charge in [0.05, 0.1) is 0 Å². The average Bonchev–Trinajstić information content (AvgIpc) is 3.87. The average molecular weight is 995 g/mol.